The van der Waals surface area contributed by atoms with Gasteiger partial charge in [-0.3, -0.25) is 4.98 Å². The standard InChI is InChI=1S/C25H30N8O/c1-17-5-6-18(31(2)3)15-21(17)28-24-22-23(27-16-32(22)4)29-25(30-24)33-13-9-20(10-14-33)34-19-7-11-26-12-8-19/h5-8,11-12,15-16,20H,9-10,13-14H2,1-4H3,(H,28,29,30). The average Bonchev–Trinajstić information content (AvgIpc) is 3.22. The minimum Gasteiger partial charge on any atom is -0.490 e. The zero-order chi connectivity index (χ0) is 23.7. The van der Waals surface area contributed by atoms with E-state index in [1.807, 2.05) is 37.8 Å². The van der Waals surface area contributed by atoms with Crippen molar-refractivity contribution in [3.05, 3.63) is 54.6 Å². The van der Waals surface area contributed by atoms with Crippen LogP contribution < -0.4 is 19.9 Å². The first-order chi connectivity index (χ1) is 16.5. The number of pyridine rings is 1. The van der Waals surface area contributed by atoms with E-state index < -0.39 is 0 Å². The van der Waals surface area contributed by atoms with Crippen molar-refractivity contribution in [3.8, 4) is 5.75 Å². The van der Waals surface area contributed by atoms with Gasteiger partial charge in [0.2, 0.25) is 5.95 Å². The number of ether oxygens (including phenoxy) is 1. The summed E-state index contributed by atoms with van der Waals surface area (Å²) in [5.74, 6) is 2.31. The number of imidazole rings is 1. The van der Waals surface area contributed by atoms with Gasteiger partial charge in [0.1, 0.15) is 17.4 Å². The first kappa shape index (κ1) is 21.9. The summed E-state index contributed by atoms with van der Waals surface area (Å²) in [4.78, 5) is 22.6. The van der Waals surface area contributed by atoms with E-state index in [1.165, 1.54) is 0 Å². The highest BCUT2D eigenvalue weighted by Crippen LogP contribution is 2.30. The predicted molar refractivity (Wildman–Crippen MR) is 135 cm³/mol. The average molecular weight is 459 g/mol. The minimum absolute atomic E-state index is 0.172. The fourth-order valence-electron chi connectivity index (χ4n) is 4.21. The van der Waals surface area contributed by atoms with Crippen molar-refractivity contribution in [2.75, 3.05) is 42.3 Å². The largest absolute Gasteiger partial charge is 0.490 e. The highest BCUT2D eigenvalue weighted by atomic mass is 16.5. The number of nitrogens with one attached hydrogen (secondary N) is 1. The molecule has 34 heavy (non-hydrogen) atoms. The Bertz CT molecular complexity index is 1280. The molecule has 1 N–H and O–H groups in total. The summed E-state index contributed by atoms with van der Waals surface area (Å²) in [5, 5.41) is 3.56. The Hall–Kier alpha value is -3.88. The van der Waals surface area contributed by atoms with Gasteiger partial charge in [0.05, 0.1) is 6.33 Å². The van der Waals surface area contributed by atoms with Gasteiger partial charge < -0.3 is 24.4 Å². The van der Waals surface area contributed by atoms with Crippen LogP contribution in [0.2, 0.25) is 0 Å². The van der Waals surface area contributed by atoms with E-state index >= 15 is 0 Å². The molecule has 0 bridgehead atoms. The van der Waals surface area contributed by atoms with E-state index in [1.54, 1.807) is 18.7 Å². The van der Waals surface area contributed by atoms with Gasteiger partial charge in [0.25, 0.3) is 0 Å². The van der Waals surface area contributed by atoms with Crippen LogP contribution in [0.1, 0.15) is 18.4 Å². The first-order valence-electron chi connectivity index (χ1n) is 11.5. The number of hydrogen-bond acceptors (Lipinski definition) is 8. The maximum atomic E-state index is 6.12. The molecular weight excluding hydrogens is 428 g/mol. The third-order valence-electron chi connectivity index (χ3n) is 6.23. The van der Waals surface area contributed by atoms with Crippen molar-refractivity contribution in [2.24, 2.45) is 7.05 Å². The molecule has 5 rings (SSSR count). The molecule has 0 atom stereocenters. The van der Waals surface area contributed by atoms with Crippen LogP contribution >= 0.6 is 0 Å². The molecule has 4 aromatic rings. The number of benzene rings is 1. The lowest BCUT2D eigenvalue weighted by atomic mass is 10.1. The van der Waals surface area contributed by atoms with Crippen LogP contribution in [-0.4, -0.2) is 57.8 Å². The van der Waals surface area contributed by atoms with Gasteiger partial charge in [-0.15, -0.1) is 0 Å². The number of rotatable bonds is 6. The lowest BCUT2D eigenvalue weighted by molar-refractivity contribution is 0.170. The molecule has 0 saturated carbocycles. The van der Waals surface area contributed by atoms with Gasteiger partial charge in [0, 0.05) is 70.8 Å². The van der Waals surface area contributed by atoms with Crippen molar-refractivity contribution in [3.63, 3.8) is 0 Å². The second kappa shape index (κ2) is 9.17. The number of nitrogens with zero attached hydrogens (tertiary/aromatic N) is 7. The summed E-state index contributed by atoms with van der Waals surface area (Å²) >= 11 is 0. The maximum Gasteiger partial charge on any atom is 0.229 e. The van der Waals surface area contributed by atoms with Crippen LogP contribution in [0.4, 0.5) is 23.1 Å². The molecule has 9 heteroatoms. The normalized spacial score (nSPS) is 14.4. The Morgan fingerprint density at radius 1 is 1.06 bits per heavy atom. The van der Waals surface area contributed by atoms with Crippen LogP contribution in [0.15, 0.2) is 49.1 Å². The number of hydrogen-bond donors (Lipinski definition) is 1. The summed E-state index contributed by atoms with van der Waals surface area (Å²) < 4.78 is 8.08. The molecule has 1 saturated heterocycles. The fraction of sp³-hybridized carbons (Fsp3) is 0.360. The Kier molecular flexibility index (Phi) is 5.91. The molecule has 0 aliphatic carbocycles. The summed E-state index contributed by atoms with van der Waals surface area (Å²) in [6, 6.07) is 10.2. The summed E-state index contributed by atoms with van der Waals surface area (Å²) in [6.45, 7) is 3.74. The van der Waals surface area contributed by atoms with Crippen LogP contribution in [0.3, 0.4) is 0 Å². The lowest BCUT2D eigenvalue weighted by Gasteiger charge is -2.32. The monoisotopic (exact) mass is 458 g/mol. The zero-order valence-corrected chi connectivity index (χ0v) is 20.1. The SMILES string of the molecule is Cc1ccc(N(C)C)cc1Nc1nc(N2CCC(Oc3ccncc3)CC2)nc2ncn(C)c12. The van der Waals surface area contributed by atoms with Crippen molar-refractivity contribution in [1.82, 2.24) is 24.5 Å². The van der Waals surface area contributed by atoms with Gasteiger partial charge in [-0.05, 0) is 36.8 Å². The molecule has 1 aliphatic heterocycles. The summed E-state index contributed by atoms with van der Waals surface area (Å²) in [5.41, 5.74) is 4.86. The molecule has 0 radical (unpaired) electrons. The first-order valence-corrected chi connectivity index (χ1v) is 11.5. The van der Waals surface area contributed by atoms with Crippen molar-refractivity contribution in [2.45, 2.75) is 25.9 Å². The molecule has 9 nitrogen and oxygen atoms in total. The molecule has 0 amide bonds. The Morgan fingerprint density at radius 3 is 2.56 bits per heavy atom. The summed E-state index contributed by atoms with van der Waals surface area (Å²) in [6.07, 6.45) is 7.27. The molecular formula is C25H30N8O. The molecule has 3 aromatic heterocycles. The number of aromatic nitrogens is 5. The third kappa shape index (κ3) is 4.46. The molecule has 1 aromatic carbocycles. The Morgan fingerprint density at radius 2 is 1.82 bits per heavy atom. The van der Waals surface area contributed by atoms with Gasteiger partial charge in [-0.2, -0.15) is 9.97 Å². The quantitative estimate of drug-likeness (QED) is 0.465. The molecule has 4 heterocycles. The third-order valence-corrected chi connectivity index (χ3v) is 6.23. The van der Waals surface area contributed by atoms with Gasteiger partial charge >= 0.3 is 0 Å². The second-order valence-corrected chi connectivity index (χ2v) is 8.91. The van der Waals surface area contributed by atoms with Crippen LogP contribution in [0.5, 0.6) is 5.75 Å². The highest BCUT2D eigenvalue weighted by Gasteiger charge is 2.24. The van der Waals surface area contributed by atoms with Crippen molar-refractivity contribution >= 4 is 34.3 Å². The van der Waals surface area contributed by atoms with Gasteiger partial charge in [-0.1, -0.05) is 6.07 Å². The minimum atomic E-state index is 0.172. The topological polar surface area (TPSA) is 84.2 Å². The molecule has 1 aliphatic rings. The van der Waals surface area contributed by atoms with Crippen LogP contribution in [0.25, 0.3) is 11.2 Å². The zero-order valence-electron chi connectivity index (χ0n) is 20.1. The lowest BCUT2D eigenvalue weighted by Crippen LogP contribution is -2.39. The van der Waals surface area contributed by atoms with E-state index in [4.69, 9.17) is 14.7 Å². The van der Waals surface area contributed by atoms with E-state index in [0.29, 0.717) is 11.6 Å². The van der Waals surface area contributed by atoms with Gasteiger partial charge in [0.15, 0.2) is 11.5 Å². The predicted octanol–water partition coefficient (Wildman–Crippen LogP) is 3.92. The van der Waals surface area contributed by atoms with Crippen LogP contribution in [0, 0.1) is 6.92 Å². The van der Waals surface area contributed by atoms with Crippen molar-refractivity contribution < 1.29 is 4.74 Å². The van der Waals surface area contributed by atoms with Gasteiger partial charge in [-0.25, -0.2) is 4.98 Å². The smallest absolute Gasteiger partial charge is 0.229 e. The van der Waals surface area contributed by atoms with E-state index in [9.17, 15) is 0 Å². The number of aryl methyl sites for hydroxylation is 2. The maximum absolute atomic E-state index is 6.12. The fourth-order valence-corrected chi connectivity index (χ4v) is 4.21. The molecule has 176 valence electrons. The Balaban J connectivity index is 1.39. The Labute approximate surface area is 199 Å². The molecule has 0 spiro atoms. The van der Waals surface area contributed by atoms with Crippen molar-refractivity contribution in [1.29, 1.82) is 0 Å². The van der Waals surface area contributed by atoms with Crippen LogP contribution in [-0.2, 0) is 7.05 Å². The number of anilines is 4. The summed E-state index contributed by atoms with van der Waals surface area (Å²) in [7, 11) is 6.05. The van der Waals surface area contributed by atoms with E-state index in [0.717, 1.165) is 60.0 Å². The number of fused-ring (bicyclic) bond motifs is 1. The molecule has 0 unspecified atom stereocenters. The number of piperidine rings is 1. The molecule has 1 fully saturated rings. The van der Waals surface area contributed by atoms with E-state index in [-0.39, 0.29) is 6.10 Å². The van der Waals surface area contributed by atoms with E-state index in [2.05, 4.69) is 50.2 Å². The second-order valence-electron chi connectivity index (χ2n) is 8.91. The highest BCUT2D eigenvalue weighted by molar-refractivity contribution is 5.87.